The average Bonchev–Trinajstić information content (AvgIpc) is 2.23. The van der Waals surface area contributed by atoms with Crippen LogP contribution in [0.1, 0.15) is 53.4 Å². The zero-order chi connectivity index (χ0) is 11.9. The van der Waals surface area contributed by atoms with E-state index in [4.69, 9.17) is 5.73 Å². The zero-order valence-electron chi connectivity index (χ0n) is 11.3. The third kappa shape index (κ3) is 5.53. The standard InChI is InChI=1S/C13H30N2/c1-6-8-9-12(7-2)10-15(5)13(3,4)11-14/h12H,6-11,14H2,1-5H3. The summed E-state index contributed by atoms with van der Waals surface area (Å²) in [5, 5.41) is 0. The molecular weight excluding hydrogens is 184 g/mol. The van der Waals surface area contributed by atoms with Crippen LogP contribution in [0.15, 0.2) is 0 Å². The van der Waals surface area contributed by atoms with E-state index in [9.17, 15) is 0 Å². The van der Waals surface area contributed by atoms with Crippen LogP contribution in [-0.4, -0.2) is 30.6 Å². The van der Waals surface area contributed by atoms with Crippen LogP contribution < -0.4 is 5.73 Å². The van der Waals surface area contributed by atoms with E-state index >= 15 is 0 Å². The van der Waals surface area contributed by atoms with Crippen LogP contribution in [0, 0.1) is 5.92 Å². The van der Waals surface area contributed by atoms with Gasteiger partial charge < -0.3 is 5.73 Å². The second kappa shape index (κ2) is 7.24. The van der Waals surface area contributed by atoms with Gasteiger partial charge in [-0.05, 0) is 33.2 Å². The van der Waals surface area contributed by atoms with E-state index < -0.39 is 0 Å². The predicted octanol–water partition coefficient (Wildman–Crippen LogP) is 2.87. The Morgan fingerprint density at radius 1 is 1.27 bits per heavy atom. The van der Waals surface area contributed by atoms with Crippen LogP contribution in [-0.2, 0) is 0 Å². The molecule has 0 rings (SSSR count). The van der Waals surface area contributed by atoms with Gasteiger partial charge in [-0.3, -0.25) is 4.90 Å². The summed E-state index contributed by atoms with van der Waals surface area (Å²) in [6.45, 7) is 10.9. The zero-order valence-corrected chi connectivity index (χ0v) is 11.3. The molecule has 0 fully saturated rings. The minimum atomic E-state index is 0.139. The highest BCUT2D eigenvalue weighted by Crippen LogP contribution is 2.18. The average molecular weight is 214 g/mol. The van der Waals surface area contributed by atoms with Crippen LogP contribution in [0.2, 0.25) is 0 Å². The van der Waals surface area contributed by atoms with Crippen molar-refractivity contribution in [3.63, 3.8) is 0 Å². The molecule has 0 radical (unpaired) electrons. The number of hydrogen-bond acceptors (Lipinski definition) is 2. The molecule has 0 aliphatic heterocycles. The van der Waals surface area contributed by atoms with Crippen LogP contribution in [0.25, 0.3) is 0 Å². The molecule has 0 aliphatic carbocycles. The van der Waals surface area contributed by atoms with Crippen molar-refractivity contribution in [1.29, 1.82) is 0 Å². The van der Waals surface area contributed by atoms with E-state index in [0.29, 0.717) is 0 Å². The van der Waals surface area contributed by atoms with Gasteiger partial charge in [0.1, 0.15) is 0 Å². The molecule has 0 aromatic heterocycles. The molecule has 15 heavy (non-hydrogen) atoms. The molecule has 0 aliphatic rings. The van der Waals surface area contributed by atoms with Crippen LogP contribution in [0.4, 0.5) is 0 Å². The maximum atomic E-state index is 5.78. The fourth-order valence-electron chi connectivity index (χ4n) is 1.71. The summed E-state index contributed by atoms with van der Waals surface area (Å²) < 4.78 is 0. The van der Waals surface area contributed by atoms with Gasteiger partial charge in [0.15, 0.2) is 0 Å². The summed E-state index contributed by atoms with van der Waals surface area (Å²) in [6, 6.07) is 0. The molecule has 1 unspecified atom stereocenters. The molecule has 92 valence electrons. The van der Waals surface area contributed by atoms with Crippen molar-refractivity contribution < 1.29 is 0 Å². The summed E-state index contributed by atoms with van der Waals surface area (Å²) in [5.74, 6) is 0.834. The Hall–Kier alpha value is -0.0800. The highest BCUT2D eigenvalue weighted by Gasteiger charge is 2.23. The monoisotopic (exact) mass is 214 g/mol. The highest BCUT2D eigenvalue weighted by molar-refractivity contribution is 4.81. The molecular formula is C13H30N2. The Morgan fingerprint density at radius 2 is 1.87 bits per heavy atom. The number of rotatable bonds is 8. The lowest BCUT2D eigenvalue weighted by Crippen LogP contribution is -2.48. The highest BCUT2D eigenvalue weighted by atomic mass is 15.2. The lowest BCUT2D eigenvalue weighted by molar-refractivity contribution is 0.133. The van der Waals surface area contributed by atoms with E-state index in [0.717, 1.165) is 12.5 Å². The van der Waals surface area contributed by atoms with Crippen molar-refractivity contribution in [2.24, 2.45) is 11.7 Å². The maximum Gasteiger partial charge on any atom is 0.0272 e. The lowest BCUT2D eigenvalue weighted by atomic mass is 9.95. The van der Waals surface area contributed by atoms with E-state index in [2.05, 4.69) is 39.6 Å². The van der Waals surface area contributed by atoms with Gasteiger partial charge in [-0.2, -0.15) is 0 Å². The molecule has 0 spiro atoms. The van der Waals surface area contributed by atoms with E-state index in [1.165, 1.54) is 32.2 Å². The third-order valence-electron chi connectivity index (χ3n) is 3.61. The summed E-state index contributed by atoms with van der Waals surface area (Å²) in [7, 11) is 2.20. The Labute approximate surface area is 96.2 Å². The second-order valence-electron chi connectivity index (χ2n) is 5.31. The van der Waals surface area contributed by atoms with E-state index in [1.54, 1.807) is 0 Å². The summed E-state index contributed by atoms with van der Waals surface area (Å²) in [4.78, 5) is 2.41. The fourth-order valence-corrected chi connectivity index (χ4v) is 1.71. The van der Waals surface area contributed by atoms with Gasteiger partial charge in [0, 0.05) is 18.6 Å². The number of nitrogens with zero attached hydrogens (tertiary/aromatic N) is 1. The number of likely N-dealkylation sites (N-methyl/N-ethyl adjacent to an activating group) is 1. The first-order valence-electron chi connectivity index (χ1n) is 6.39. The molecule has 1 atom stereocenters. The van der Waals surface area contributed by atoms with Gasteiger partial charge in [-0.15, -0.1) is 0 Å². The van der Waals surface area contributed by atoms with Gasteiger partial charge in [0.25, 0.3) is 0 Å². The SMILES string of the molecule is CCCCC(CC)CN(C)C(C)(C)CN. The quantitative estimate of drug-likeness (QED) is 0.673. The summed E-state index contributed by atoms with van der Waals surface area (Å²) in [6.07, 6.45) is 5.30. The summed E-state index contributed by atoms with van der Waals surface area (Å²) in [5.41, 5.74) is 5.92. The number of unbranched alkanes of at least 4 members (excludes halogenated alkanes) is 1. The minimum Gasteiger partial charge on any atom is -0.329 e. The Balaban J connectivity index is 4.05. The van der Waals surface area contributed by atoms with Gasteiger partial charge in [-0.25, -0.2) is 0 Å². The van der Waals surface area contributed by atoms with Crippen LogP contribution in [0.3, 0.4) is 0 Å². The Bertz CT molecular complexity index is 155. The second-order valence-corrected chi connectivity index (χ2v) is 5.31. The van der Waals surface area contributed by atoms with Gasteiger partial charge in [0.2, 0.25) is 0 Å². The molecule has 0 amide bonds. The topological polar surface area (TPSA) is 29.3 Å². The molecule has 0 aromatic rings. The summed E-state index contributed by atoms with van der Waals surface area (Å²) >= 11 is 0. The van der Waals surface area contributed by atoms with Gasteiger partial charge >= 0.3 is 0 Å². The van der Waals surface area contributed by atoms with Crippen LogP contribution >= 0.6 is 0 Å². The largest absolute Gasteiger partial charge is 0.329 e. The first-order valence-corrected chi connectivity index (χ1v) is 6.39. The van der Waals surface area contributed by atoms with Gasteiger partial charge in [0.05, 0.1) is 0 Å². The van der Waals surface area contributed by atoms with Gasteiger partial charge in [-0.1, -0.05) is 33.1 Å². The molecule has 0 saturated heterocycles. The fraction of sp³-hybridized carbons (Fsp3) is 1.00. The smallest absolute Gasteiger partial charge is 0.0272 e. The molecule has 0 bridgehead atoms. The molecule has 2 nitrogen and oxygen atoms in total. The van der Waals surface area contributed by atoms with Crippen molar-refractivity contribution in [3.05, 3.63) is 0 Å². The molecule has 0 heterocycles. The molecule has 2 heteroatoms. The maximum absolute atomic E-state index is 5.78. The third-order valence-corrected chi connectivity index (χ3v) is 3.61. The Kier molecular flexibility index (Phi) is 7.20. The molecule has 0 aromatic carbocycles. The number of nitrogens with two attached hydrogens (primary N) is 1. The molecule has 2 N–H and O–H groups in total. The van der Waals surface area contributed by atoms with Crippen molar-refractivity contribution >= 4 is 0 Å². The van der Waals surface area contributed by atoms with Crippen molar-refractivity contribution in [2.45, 2.75) is 58.9 Å². The number of hydrogen-bond donors (Lipinski definition) is 1. The van der Waals surface area contributed by atoms with E-state index in [1.807, 2.05) is 0 Å². The molecule has 0 saturated carbocycles. The van der Waals surface area contributed by atoms with Crippen molar-refractivity contribution in [3.8, 4) is 0 Å². The first kappa shape index (κ1) is 14.9. The first-order chi connectivity index (χ1) is 6.97. The van der Waals surface area contributed by atoms with Crippen molar-refractivity contribution in [2.75, 3.05) is 20.1 Å². The van der Waals surface area contributed by atoms with E-state index in [-0.39, 0.29) is 5.54 Å². The minimum absolute atomic E-state index is 0.139. The van der Waals surface area contributed by atoms with Crippen LogP contribution in [0.5, 0.6) is 0 Å². The lowest BCUT2D eigenvalue weighted by Gasteiger charge is -2.36. The predicted molar refractivity (Wildman–Crippen MR) is 69.1 cm³/mol. The normalized spacial score (nSPS) is 14.6. The Morgan fingerprint density at radius 3 is 2.27 bits per heavy atom. The van der Waals surface area contributed by atoms with Crippen molar-refractivity contribution in [1.82, 2.24) is 4.90 Å².